The third kappa shape index (κ3) is 5.28. The second-order valence-corrected chi connectivity index (χ2v) is 8.40. The molecule has 37 heavy (non-hydrogen) atoms. The highest BCUT2D eigenvalue weighted by atomic mass is 19.1. The van der Waals surface area contributed by atoms with Crippen LogP contribution in [0.25, 0.3) is 11.3 Å². The van der Waals surface area contributed by atoms with Crippen molar-refractivity contribution in [3.05, 3.63) is 126 Å². The van der Waals surface area contributed by atoms with E-state index in [1.807, 2.05) is 30.3 Å². The maximum Gasteiger partial charge on any atom is 0.254 e. The number of furan rings is 1. The molecule has 186 valence electrons. The lowest BCUT2D eigenvalue weighted by molar-refractivity contribution is 0.0717. The van der Waals surface area contributed by atoms with Gasteiger partial charge in [0.2, 0.25) is 5.88 Å². The fourth-order valence-corrected chi connectivity index (χ4v) is 4.04. The quantitative estimate of drug-likeness (QED) is 0.242. The Balaban J connectivity index is 1.59. The molecule has 0 atom stereocenters. The highest BCUT2D eigenvalue weighted by molar-refractivity contribution is 5.94. The van der Waals surface area contributed by atoms with Gasteiger partial charge in [-0.25, -0.2) is 13.5 Å². The first-order valence-electron chi connectivity index (χ1n) is 11.6. The number of aromatic nitrogens is 2. The molecule has 0 saturated heterocycles. The maximum absolute atomic E-state index is 14.5. The largest absolute Gasteiger partial charge is 0.467 e. The fourth-order valence-electron chi connectivity index (χ4n) is 4.04. The molecule has 0 unspecified atom stereocenters. The molecule has 5 rings (SSSR count). The number of para-hydroxylation sites is 1. The molecule has 0 radical (unpaired) electrons. The van der Waals surface area contributed by atoms with Gasteiger partial charge in [0.05, 0.1) is 24.9 Å². The molecule has 2 heterocycles. The zero-order chi connectivity index (χ0) is 25.8. The van der Waals surface area contributed by atoms with Crippen molar-refractivity contribution >= 4 is 5.91 Å². The Morgan fingerprint density at radius 2 is 1.65 bits per heavy atom. The summed E-state index contributed by atoms with van der Waals surface area (Å²) in [5.41, 5.74) is 2.29. The highest BCUT2D eigenvalue weighted by Gasteiger charge is 2.26. The standard InChI is InChI=1S/C29H23F2N3O3/c1-33-29(37-26-12-6-5-11-25(26)31)24(27(32-33)20-8-3-2-4-9-20)19-34(18-23-10-7-17-36-23)28(35)21-13-15-22(30)16-14-21/h2-17H,18-19H2,1H3. The normalized spacial score (nSPS) is 10.9. The summed E-state index contributed by atoms with van der Waals surface area (Å²) in [6.07, 6.45) is 1.53. The highest BCUT2D eigenvalue weighted by Crippen LogP contribution is 2.35. The van der Waals surface area contributed by atoms with E-state index in [0.717, 1.165) is 5.56 Å². The number of aryl methyl sites for hydroxylation is 1. The summed E-state index contributed by atoms with van der Waals surface area (Å²) >= 11 is 0. The number of rotatable bonds is 8. The van der Waals surface area contributed by atoms with Crippen molar-refractivity contribution in [1.29, 1.82) is 0 Å². The molecule has 0 N–H and O–H groups in total. The summed E-state index contributed by atoms with van der Waals surface area (Å²) in [6.45, 7) is 0.213. The third-order valence-electron chi connectivity index (χ3n) is 5.83. The molecule has 3 aromatic carbocycles. The Kier molecular flexibility index (Phi) is 6.81. The number of carbonyl (C=O) groups excluding carboxylic acids is 1. The van der Waals surface area contributed by atoms with Crippen LogP contribution >= 0.6 is 0 Å². The lowest BCUT2D eigenvalue weighted by atomic mass is 10.1. The number of nitrogens with zero attached hydrogens (tertiary/aromatic N) is 3. The number of benzene rings is 3. The Labute approximate surface area is 212 Å². The van der Waals surface area contributed by atoms with Crippen LogP contribution in [0.5, 0.6) is 11.6 Å². The van der Waals surface area contributed by atoms with Gasteiger partial charge in [-0.2, -0.15) is 5.10 Å². The van der Waals surface area contributed by atoms with Gasteiger partial charge in [0.15, 0.2) is 11.6 Å². The number of amides is 1. The Morgan fingerprint density at radius 3 is 2.35 bits per heavy atom. The molecule has 6 nitrogen and oxygen atoms in total. The molecular weight excluding hydrogens is 476 g/mol. The number of carbonyl (C=O) groups is 1. The van der Waals surface area contributed by atoms with Crippen LogP contribution in [0.15, 0.2) is 102 Å². The topological polar surface area (TPSA) is 60.5 Å². The Bertz CT molecular complexity index is 1500. The Hall–Kier alpha value is -4.72. The van der Waals surface area contributed by atoms with E-state index in [1.54, 1.807) is 36.2 Å². The molecule has 0 spiro atoms. The van der Waals surface area contributed by atoms with Crippen LogP contribution in [0.4, 0.5) is 8.78 Å². The van der Waals surface area contributed by atoms with Gasteiger partial charge in [-0.3, -0.25) is 4.79 Å². The van der Waals surface area contributed by atoms with E-state index in [1.165, 1.54) is 47.3 Å². The molecule has 1 amide bonds. The zero-order valence-electron chi connectivity index (χ0n) is 20.0. The zero-order valence-corrected chi connectivity index (χ0v) is 20.0. The molecule has 0 fully saturated rings. The minimum atomic E-state index is -0.522. The molecule has 8 heteroatoms. The summed E-state index contributed by atoms with van der Waals surface area (Å²) in [5, 5.41) is 4.66. The van der Waals surface area contributed by atoms with Crippen molar-refractivity contribution in [1.82, 2.24) is 14.7 Å². The van der Waals surface area contributed by atoms with Crippen LogP contribution in [0.3, 0.4) is 0 Å². The lowest BCUT2D eigenvalue weighted by Crippen LogP contribution is -2.30. The van der Waals surface area contributed by atoms with Crippen LogP contribution in [-0.4, -0.2) is 20.6 Å². The van der Waals surface area contributed by atoms with Crippen molar-refractivity contribution < 1.29 is 22.7 Å². The minimum Gasteiger partial charge on any atom is -0.467 e. The minimum absolute atomic E-state index is 0.0359. The number of ether oxygens (including phenoxy) is 1. The second kappa shape index (κ2) is 10.5. The molecule has 0 aliphatic rings. The van der Waals surface area contributed by atoms with Gasteiger partial charge in [-0.1, -0.05) is 42.5 Å². The SMILES string of the molecule is Cn1nc(-c2ccccc2)c(CN(Cc2ccco2)C(=O)c2ccc(F)cc2)c1Oc1ccccc1F. The molecule has 5 aromatic rings. The van der Waals surface area contributed by atoms with E-state index in [0.29, 0.717) is 28.5 Å². The van der Waals surface area contributed by atoms with Crippen LogP contribution in [-0.2, 0) is 20.1 Å². The van der Waals surface area contributed by atoms with Crippen LogP contribution in [0.2, 0.25) is 0 Å². The van der Waals surface area contributed by atoms with Gasteiger partial charge < -0.3 is 14.1 Å². The summed E-state index contributed by atoms with van der Waals surface area (Å²) in [7, 11) is 1.70. The summed E-state index contributed by atoms with van der Waals surface area (Å²) in [5.74, 6) is -0.401. The van der Waals surface area contributed by atoms with Gasteiger partial charge in [0, 0.05) is 18.2 Å². The van der Waals surface area contributed by atoms with Crippen LogP contribution < -0.4 is 4.74 Å². The van der Waals surface area contributed by atoms with E-state index in [2.05, 4.69) is 5.10 Å². The lowest BCUT2D eigenvalue weighted by Gasteiger charge is -2.23. The first-order chi connectivity index (χ1) is 18.0. The van der Waals surface area contributed by atoms with Crippen LogP contribution in [0.1, 0.15) is 21.7 Å². The second-order valence-electron chi connectivity index (χ2n) is 8.40. The van der Waals surface area contributed by atoms with Crippen LogP contribution in [0, 0.1) is 11.6 Å². The number of hydrogen-bond acceptors (Lipinski definition) is 4. The van der Waals surface area contributed by atoms with Crippen molar-refractivity contribution in [2.75, 3.05) is 0 Å². The van der Waals surface area contributed by atoms with Gasteiger partial charge >= 0.3 is 0 Å². The van der Waals surface area contributed by atoms with Gasteiger partial charge in [0.1, 0.15) is 17.3 Å². The van der Waals surface area contributed by atoms with Crippen molar-refractivity contribution in [3.63, 3.8) is 0 Å². The van der Waals surface area contributed by atoms with Gasteiger partial charge in [-0.15, -0.1) is 0 Å². The smallest absolute Gasteiger partial charge is 0.254 e. The van der Waals surface area contributed by atoms with E-state index in [9.17, 15) is 13.6 Å². The van der Waals surface area contributed by atoms with Crippen molar-refractivity contribution in [2.24, 2.45) is 7.05 Å². The van der Waals surface area contributed by atoms with Gasteiger partial charge in [0.25, 0.3) is 5.91 Å². The van der Waals surface area contributed by atoms with E-state index in [4.69, 9.17) is 9.15 Å². The average Bonchev–Trinajstić information content (AvgIpc) is 3.54. The number of halogens is 2. The molecule has 0 saturated carbocycles. The molecule has 2 aromatic heterocycles. The van der Waals surface area contributed by atoms with E-state index in [-0.39, 0.29) is 24.7 Å². The maximum atomic E-state index is 14.5. The van der Waals surface area contributed by atoms with Crippen molar-refractivity contribution in [2.45, 2.75) is 13.1 Å². The van der Waals surface area contributed by atoms with Gasteiger partial charge in [-0.05, 0) is 48.5 Å². The molecule has 0 aliphatic carbocycles. The molecular formula is C29H23F2N3O3. The molecule has 0 bridgehead atoms. The summed E-state index contributed by atoms with van der Waals surface area (Å²) < 4.78 is 41.1. The predicted octanol–water partition coefficient (Wildman–Crippen LogP) is 6.59. The monoisotopic (exact) mass is 499 g/mol. The average molecular weight is 500 g/mol. The fraction of sp³-hybridized carbons (Fsp3) is 0.103. The third-order valence-corrected chi connectivity index (χ3v) is 5.83. The van der Waals surface area contributed by atoms with E-state index >= 15 is 0 Å². The van der Waals surface area contributed by atoms with E-state index < -0.39 is 11.6 Å². The first kappa shape index (κ1) is 24.0. The molecule has 0 aliphatic heterocycles. The summed E-state index contributed by atoms with van der Waals surface area (Å²) in [4.78, 5) is 15.2. The Morgan fingerprint density at radius 1 is 0.919 bits per heavy atom. The number of hydrogen-bond donors (Lipinski definition) is 0. The summed E-state index contributed by atoms with van der Waals surface area (Å²) in [6, 6.07) is 24.4. The predicted molar refractivity (Wildman–Crippen MR) is 134 cm³/mol. The van der Waals surface area contributed by atoms with Crippen molar-refractivity contribution in [3.8, 4) is 22.9 Å². The first-order valence-corrected chi connectivity index (χ1v) is 11.6.